The molecular formula is C20H19FN2O. The molecule has 122 valence electrons. The molecule has 0 saturated heterocycles. The Morgan fingerprint density at radius 1 is 1.08 bits per heavy atom. The number of fused-ring (bicyclic) bond motifs is 3. The van der Waals surface area contributed by atoms with E-state index in [-0.39, 0.29) is 11.7 Å². The van der Waals surface area contributed by atoms with Gasteiger partial charge in [-0.15, -0.1) is 0 Å². The lowest BCUT2D eigenvalue weighted by Gasteiger charge is -2.17. The summed E-state index contributed by atoms with van der Waals surface area (Å²) < 4.78 is 16.5. The number of aryl methyl sites for hydroxylation is 1. The number of hydrogen-bond donors (Lipinski definition) is 0. The largest absolute Gasteiger partial charge is 0.340 e. The average Bonchev–Trinajstić information content (AvgIpc) is 2.81. The summed E-state index contributed by atoms with van der Waals surface area (Å²) in [6.45, 7) is 1.23. The van der Waals surface area contributed by atoms with Crippen molar-refractivity contribution in [1.82, 2.24) is 9.47 Å². The maximum absolute atomic E-state index is 14.6. The van der Waals surface area contributed by atoms with Gasteiger partial charge in [-0.1, -0.05) is 42.5 Å². The van der Waals surface area contributed by atoms with Crippen LogP contribution >= 0.6 is 0 Å². The van der Waals surface area contributed by atoms with Crippen LogP contribution in [-0.2, 0) is 13.0 Å². The van der Waals surface area contributed by atoms with Crippen molar-refractivity contribution in [3.63, 3.8) is 0 Å². The third-order valence-corrected chi connectivity index (χ3v) is 4.79. The zero-order valence-corrected chi connectivity index (χ0v) is 13.6. The first-order chi connectivity index (χ1) is 11.7. The second-order valence-electron chi connectivity index (χ2n) is 6.37. The van der Waals surface area contributed by atoms with E-state index in [1.54, 1.807) is 11.0 Å². The molecule has 1 aliphatic heterocycles. The molecule has 1 amide bonds. The highest BCUT2D eigenvalue weighted by Crippen LogP contribution is 2.32. The molecule has 0 radical (unpaired) electrons. The number of amides is 1. The van der Waals surface area contributed by atoms with E-state index in [1.165, 1.54) is 6.07 Å². The Morgan fingerprint density at radius 3 is 2.67 bits per heavy atom. The molecule has 4 rings (SSSR count). The van der Waals surface area contributed by atoms with Gasteiger partial charge in [-0.25, -0.2) is 4.39 Å². The Hall–Kier alpha value is -2.62. The van der Waals surface area contributed by atoms with Gasteiger partial charge in [0.1, 0.15) is 11.5 Å². The zero-order chi connectivity index (χ0) is 16.7. The topological polar surface area (TPSA) is 25.2 Å². The van der Waals surface area contributed by atoms with Gasteiger partial charge in [-0.2, -0.15) is 0 Å². The van der Waals surface area contributed by atoms with E-state index in [0.29, 0.717) is 17.8 Å². The fourth-order valence-electron chi connectivity index (χ4n) is 3.63. The molecule has 0 bridgehead atoms. The Balaban J connectivity index is 2.00. The molecular weight excluding hydrogens is 303 g/mol. The van der Waals surface area contributed by atoms with Gasteiger partial charge in [0, 0.05) is 25.5 Å². The molecule has 2 heterocycles. The van der Waals surface area contributed by atoms with Crippen LogP contribution in [-0.4, -0.2) is 29.0 Å². The van der Waals surface area contributed by atoms with E-state index >= 15 is 0 Å². The van der Waals surface area contributed by atoms with Crippen molar-refractivity contribution >= 4 is 16.8 Å². The van der Waals surface area contributed by atoms with Crippen LogP contribution in [0.4, 0.5) is 4.39 Å². The molecule has 1 aliphatic rings. The molecule has 1 aromatic heterocycles. The van der Waals surface area contributed by atoms with Crippen LogP contribution in [0.5, 0.6) is 0 Å². The zero-order valence-electron chi connectivity index (χ0n) is 13.6. The van der Waals surface area contributed by atoms with Crippen LogP contribution in [0.3, 0.4) is 0 Å². The Labute approximate surface area is 140 Å². The van der Waals surface area contributed by atoms with E-state index < -0.39 is 0 Å². The monoisotopic (exact) mass is 322 g/mol. The third kappa shape index (κ3) is 2.30. The number of para-hydroxylation sites is 1. The van der Waals surface area contributed by atoms with Crippen LogP contribution in [0.2, 0.25) is 0 Å². The van der Waals surface area contributed by atoms with Gasteiger partial charge in [0.25, 0.3) is 5.91 Å². The van der Waals surface area contributed by atoms with Gasteiger partial charge in [-0.05, 0) is 30.0 Å². The quantitative estimate of drug-likeness (QED) is 0.703. The van der Waals surface area contributed by atoms with Gasteiger partial charge >= 0.3 is 0 Å². The number of hydrogen-bond acceptors (Lipinski definition) is 1. The lowest BCUT2D eigenvalue weighted by Crippen LogP contribution is -2.28. The Morgan fingerprint density at radius 2 is 1.88 bits per heavy atom. The fraction of sp³-hybridized carbons (Fsp3) is 0.250. The van der Waals surface area contributed by atoms with Crippen molar-refractivity contribution in [2.24, 2.45) is 0 Å². The highest BCUT2D eigenvalue weighted by atomic mass is 19.1. The van der Waals surface area contributed by atoms with Crippen molar-refractivity contribution in [2.45, 2.75) is 19.4 Å². The molecule has 0 N–H and O–H groups in total. The number of rotatable bonds is 2. The summed E-state index contributed by atoms with van der Waals surface area (Å²) >= 11 is 0. The molecule has 0 spiro atoms. The molecule has 0 atom stereocenters. The summed E-state index contributed by atoms with van der Waals surface area (Å²) in [5, 5.41) is 0.865. The van der Waals surface area contributed by atoms with Crippen molar-refractivity contribution in [1.29, 1.82) is 0 Å². The predicted octanol–water partition coefficient (Wildman–Crippen LogP) is 3.85. The minimum Gasteiger partial charge on any atom is -0.340 e. The molecule has 24 heavy (non-hydrogen) atoms. The highest BCUT2D eigenvalue weighted by molar-refractivity contribution is 6.02. The Kier molecular flexibility index (Phi) is 3.60. The van der Waals surface area contributed by atoms with E-state index in [4.69, 9.17) is 0 Å². The first kappa shape index (κ1) is 14.9. The fourth-order valence-corrected chi connectivity index (χ4v) is 3.63. The number of aromatic nitrogens is 1. The maximum Gasteiger partial charge on any atom is 0.270 e. The number of nitrogens with zero attached hydrogens (tertiary/aromatic N) is 2. The summed E-state index contributed by atoms with van der Waals surface area (Å²) in [4.78, 5) is 14.7. The van der Waals surface area contributed by atoms with Gasteiger partial charge in [0.05, 0.1) is 5.52 Å². The number of halogens is 1. The first-order valence-electron chi connectivity index (χ1n) is 8.26. The van der Waals surface area contributed by atoms with Gasteiger partial charge < -0.3 is 9.47 Å². The molecule has 0 unspecified atom stereocenters. The molecule has 0 saturated carbocycles. The maximum atomic E-state index is 14.6. The van der Waals surface area contributed by atoms with Crippen molar-refractivity contribution in [3.05, 3.63) is 71.2 Å². The van der Waals surface area contributed by atoms with Crippen molar-refractivity contribution < 1.29 is 9.18 Å². The number of benzene rings is 2. The Bertz CT molecular complexity index is 914. The van der Waals surface area contributed by atoms with Gasteiger partial charge in [0.15, 0.2) is 0 Å². The molecule has 3 nitrogen and oxygen atoms in total. The van der Waals surface area contributed by atoms with Gasteiger partial charge in [0.2, 0.25) is 0 Å². The lowest BCUT2D eigenvalue weighted by molar-refractivity contribution is 0.0790. The van der Waals surface area contributed by atoms with Crippen molar-refractivity contribution in [2.75, 3.05) is 13.6 Å². The van der Waals surface area contributed by atoms with E-state index in [1.807, 2.05) is 48.0 Å². The van der Waals surface area contributed by atoms with Crippen molar-refractivity contribution in [3.8, 4) is 0 Å². The molecule has 0 fully saturated rings. The summed E-state index contributed by atoms with van der Waals surface area (Å²) in [5.74, 6) is -0.291. The van der Waals surface area contributed by atoms with Crippen LogP contribution in [0.25, 0.3) is 10.9 Å². The van der Waals surface area contributed by atoms with Gasteiger partial charge in [-0.3, -0.25) is 4.79 Å². The summed E-state index contributed by atoms with van der Waals surface area (Å²) in [6.07, 6.45) is 1.70. The third-order valence-electron chi connectivity index (χ3n) is 4.79. The molecule has 3 aromatic rings. The summed E-state index contributed by atoms with van der Waals surface area (Å²) in [6, 6.07) is 15.0. The highest BCUT2D eigenvalue weighted by Gasteiger charge is 2.28. The minimum absolute atomic E-state index is 0.0194. The minimum atomic E-state index is -0.271. The smallest absolute Gasteiger partial charge is 0.270 e. The van der Waals surface area contributed by atoms with Crippen LogP contribution in [0.1, 0.15) is 28.0 Å². The lowest BCUT2D eigenvalue weighted by atomic mass is 10.1. The first-order valence-corrected chi connectivity index (χ1v) is 8.26. The molecule has 2 aromatic carbocycles. The predicted molar refractivity (Wildman–Crippen MR) is 92.7 cm³/mol. The number of carbonyl (C=O) groups is 1. The number of carbonyl (C=O) groups excluding carboxylic acids is 1. The molecule has 0 aliphatic carbocycles. The van der Waals surface area contributed by atoms with E-state index in [2.05, 4.69) is 0 Å². The van der Waals surface area contributed by atoms with Crippen LogP contribution < -0.4 is 0 Å². The van der Waals surface area contributed by atoms with Crippen LogP contribution in [0.15, 0.2) is 48.5 Å². The standard InChI is InChI=1S/C20H19FN2O/c1-22-12-6-10-16-15-9-5-11-17(21)18(15)23(19(16)20(22)24)13-14-7-3-2-4-8-14/h2-5,7-9,11H,6,10,12-13H2,1H3. The SMILES string of the molecule is CN1CCCc2c(n(Cc3ccccc3)c3c(F)cccc23)C1=O. The second-order valence-corrected chi connectivity index (χ2v) is 6.37. The van der Waals surface area contributed by atoms with Crippen LogP contribution in [0, 0.1) is 5.82 Å². The molecule has 4 heteroatoms. The normalized spacial score (nSPS) is 14.8. The summed E-state index contributed by atoms with van der Waals surface area (Å²) in [5.41, 5.74) is 3.21. The van der Waals surface area contributed by atoms with E-state index in [0.717, 1.165) is 35.9 Å². The summed E-state index contributed by atoms with van der Waals surface area (Å²) in [7, 11) is 1.82. The van der Waals surface area contributed by atoms with E-state index in [9.17, 15) is 9.18 Å². The average molecular weight is 322 g/mol. The second kappa shape index (κ2) is 5.78.